The fraction of sp³-hybridized carbons (Fsp3) is 0.154. The Labute approximate surface area is 104 Å². The Kier molecular flexibility index (Phi) is 2.26. The van der Waals surface area contributed by atoms with Crippen molar-refractivity contribution in [1.82, 2.24) is 19.6 Å². The highest BCUT2D eigenvalue weighted by molar-refractivity contribution is 5.64. The Morgan fingerprint density at radius 1 is 1.11 bits per heavy atom. The summed E-state index contributed by atoms with van der Waals surface area (Å²) in [5.74, 6) is 0.778. The SMILES string of the molecule is Cc1cc2nnc(-c3ccc(N)c(C)c3)n2cn1. The number of nitrogens with zero attached hydrogens (tertiary/aromatic N) is 4. The van der Waals surface area contributed by atoms with Gasteiger partial charge in [-0.1, -0.05) is 0 Å². The molecule has 0 atom stereocenters. The predicted octanol–water partition coefficient (Wildman–Crippen LogP) is 1.99. The number of anilines is 1. The molecular formula is C13H13N5. The lowest BCUT2D eigenvalue weighted by Crippen LogP contribution is -1.94. The van der Waals surface area contributed by atoms with Crippen LogP contribution in [-0.4, -0.2) is 19.6 Å². The van der Waals surface area contributed by atoms with E-state index >= 15 is 0 Å². The maximum absolute atomic E-state index is 5.82. The number of benzene rings is 1. The Morgan fingerprint density at radius 3 is 2.72 bits per heavy atom. The zero-order valence-corrected chi connectivity index (χ0v) is 10.3. The average Bonchev–Trinajstić information content (AvgIpc) is 2.75. The van der Waals surface area contributed by atoms with Crippen LogP contribution in [0.3, 0.4) is 0 Å². The van der Waals surface area contributed by atoms with Gasteiger partial charge in [-0.3, -0.25) is 4.40 Å². The van der Waals surface area contributed by atoms with Crippen LogP contribution in [0.2, 0.25) is 0 Å². The fourth-order valence-electron chi connectivity index (χ4n) is 1.90. The van der Waals surface area contributed by atoms with E-state index in [1.165, 1.54) is 0 Å². The third-order valence-electron chi connectivity index (χ3n) is 2.97. The first kappa shape index (κ1) is 10.7. The monoisotopic (exact) mass is 239 g/mol. The maximum Gasteiger partial charge on any atom is 0.169 e. The van der Waals surface area contributed by atoms with Gasteiger partial charge in [-0.25, -0.2) is 4.98 Å². The van der Waals surface area contributed by atoms with Gasteiger partial charge in [0.1, 0.15) is 6.33 Å². The minimum atomic E-state index is 0.778. The molecule has 0 spiro atoms. The topological polar surface area (TPSA) is 69.1 Å². The summed E-state index contributed by atoms with van der Waals surface area (Å²) < 4.78 is 1.87. The van der Waals surface area contributed by atoms with Gasteiger partial charge in [0.2, 0.25) is 0 Å². The Hall–Kier alpha value is -2.43. The van der Waals surface area contributed by atoms with Crippen molar-refractivity contribution < 1.29 is 0 Å². The van der Waals surface area contributed by atoms with E-state index in [1.54, 1.807) is 6.33 Å². The normalized spacial score (nSPS) is 11.0. The minimum absolute atomic E-state index is 0.778. The van der Waals surface area contributed by atoms with Crippen LogP contribution in [0.25, 0.3) is 17.0 Å². The molecule has 0 fully saturated rings. The summed E-state index contributed by atoms with van der Waals surface area (Å²) in [4.78, 5) is 4.26. The molecule has 0 aliphatic carbocycles. The lowest BCUT2D eigenvalue weighted by Gasteiger charge is -2.03. The maximum atomic E-state index is 5.82. The molecule has 3 aromatic rings. The van der Waals surface area contributed by atoms with Gasteiger partial charge in [0, 0.05) is 23.0 Å². The summed E-state index contributed by atoms with van der Waals surface area (Å²) >= 11 is 0. The van der Waals surface area contributed by atoms with Gasteiger partial charge in [-0.05, 0) is 37.6 Å². The Balaban J connectivity index is 2.22. The van der Waals surface area contributed by atoms with Gasteiger partial charge in [-0.15, -0.1) is 10.2 Å². The van der Waals surface area contributed by atoms with Gasteiger partial charge in [0.05, 0.1) is 0 Å². The Morgan fingerprint density at radius 2 is 1.94 bits per heavy atom. The summed E-state index contributed by atoms with van der Waals surface area (Å²) in [5.41, 5.74) is 10.3. The second-order valence-corrected chi connectivity index (χ2v) is 4.35. The zero-order valence-electron chi connectivity index (χ0n) is 10.3. The molecule has 0 amide bonds. The molecule has 2 N–H and O–H groups in total. The third kappa shape index (κ3) is 1.60. The molecule has 0 saturated heterocycles. The van der Waals surface area contributed by atoms with Crippen LogP contribution in [0, 0.1) is 13.8 Å². The fourth-order valence-corrected chi connectivity index (χ4v) is 1.90. The zero-order chi connectivity index (χ0) is 12.7. The van der Waals surface area contributed by atoms with E-state index in [1.807, 2.05) is 42.5 Å². The molecule has 5 heteroatoms. The van der Waals surface area contributed by atoms with Crippen molar-refractivity contribution in [2.24, 2.45) is 0 Å². The summed E-state index contributed by atoms with van der Waals surface area (Å²) in [6.07, 6.45) is 1.74. The molecule has 0 unspecified atom stereocenters. The lowest BCUT2D eigenvalue weighted by molar-refractivity contribution is 1.05. The number of nitrogens with two attached hydrogens (primary N) is 1. The van der Waals surface area contributed by atoms with Gasteiger partial charge >= 0.3 is 0 Å². The molecule has 2 aromatic heterocycles. The summed E-state index contributed by atoms with van der Waals surface area (Å²) in [6, 6.07) is 7.73. The van der Waals surface area contributed by atoms with E-state index in [-0.39, 0.29) is 0 Å². The van der Waals surface area contributed by atoms with Crippen LogP contribution >= 0.6 is 0 Å². The molecule has 1 aromatic carbocycles. The molecule has 0 aliphatic rings. The third-order valence-corrected chi connectivity index (χ3v) is 2.97. The van der Waals surface area contributed by atoms with Crippen molar-refractivity contribution in [2.45, 2.75) is 13.8 Å². The largest absolute Gasteiger partial charge is 0.399 e. The van der Waals surface area contributed by atoms with Crippen LogP contribution in [0.1, 0.15) is 11.3 Å². The van der Waals surface area contributed by atoms with Crippen LogP contribution in [-0.2, 0) is 0 Å². The molecule has 0 radical (unpaired) electrons. The van der Waals surface area contributed by atoms with E-state index in [0.717, 1.165) is 34.0 Å². The molecular weight excluding hydrogens is 226 g/mol. The predicted molar refractivity (Wildman–Crippen MR) is 70.1 cm³/mol. The number of hydrogen-bond acceptors (Lipinski definition) is 4. The smallest absolute Gasteiger partial charge is 0.169 e. The van der Waals surface area contributed by atoms with Gasteiger partial charge < -0.3 is 5.73 Å². The van der Waals surface area contributed by atoms with Crippen LogP contribution < -0.4 is 5.73 Å². The quantitative estimate of drug-likeness (QED) is 0.659. The van der Waals surface area contributed by atoms with Crippen molar-refractivity contribution in [3.8, 4) is 11.4 Å². The number of aromatic nitrogens is 4. The molecule has 2 heterocycles. The van der Waals surface area contributed by atoms with Crippen molar-refractivity contribution in [1.29, 1.82) is 0 Å². The van der Waals surface area contributed by atoms with E-state index in [0.29, 0.717) is 0 Å². The van der Waals surface area contributed by atoms with Gasteiger partial charge in [-0.2, -0.15) is 0 Å². The summed E-state index contributed by atoms with van der Waals surface area (Å²) in [5, 5.41) is 8.36. The standard InChI is InChI=1S/C13H13N5/c1-8-5-10(3-4-11(8)14)13-17-16-12-6-9(2)15-7-18(12)13/h3-7H,14H2,1-2H3. The van der Waals surface area contributed by atoms with Crippen molar-refractivity contribution in [3.05, 3.63) is 41.9 Å². The van der Waals surface area contributed by atoms with E-state index < -0.39 is 0 Å². The summed E-state index contributed by atoms with van der Waals surface area (Å²) in [6.45, 7) is 3.91. The van der Waals surface area contributed by atoms with Crippen LogP contribution in [0.4, 0.5) is 5.69 Å². The lowest BCUT2D eigenvalue weighted by atomic mass is 10.1. The number of rotatable bonds is 1. The highest BCUT2D eigenvalue weighted by Crippen LogP contribution is 2.22. The second-order valence-electron chi connectivity index (χ2n) is 4.35. The number of aryl methyl sites for hydroxylation is 2. The van der Waals surface area contributed by atoms with E-state index in [2.05, 4.69) is 15.2 Å². The van der Waals surface area contributed by atoms with Crippen molar-refractivity contribution in [3.63, 3.8) is 0 Å². The first-order chi connectivity index (χ1) is 8.65. The average molecular weight is 239 g/mol. The first-order valence-electron chi connectivity index (χ1n) is 5.69. The molecule has 5 nitrogen and oxygen atoms in total. The highest BCUT2D eigenvalue weighted by Gasteiger charge is 2.09. The molecule has 90 valence electrons. The van der Waals surface area contributed by atoms with Crippen molar-refractivity contribution in [2.75, 3.05) is 5.73 Å². The first-order valence-corrected chi connectivity index (χ1v) is 5.69. The highest BCUT2D eigenvalue weighted by atomic mass is 15.3. The van der Waals surface area contributed by atoms with E-state index in [4.69, 9.17) is 5.73 Å². The molecule has 0 aliphatic heterocycles. The Bertz CT molecular complexity index is 729. The van der Waals surface area contributed by atoms with Crippen LogP contribution in [0.15, 0.2) is 30.6 Å². The second kappa shape index (κ2) is 3.80. The van der Waals surface area contributed by atoms with Gasteiger partial charge in [0.15, 0.2) is 11.5 Å². The van der Waals surface area contributed by atoms with Gasteiger partial charge in [0.25, 0.3) is 0 Å². The molecule has 3 rings (SSSR count). The number of hydrogen-bond donors (Lipinski definition) is 1. The molecule has 18 heavy (non-hydrogen) atoms. The molecule has 0 bridgehead atoms. The number of fused-ring (bicyclic) bond motifs is 1. The summed E-state index contributed by atoms with van der Waals surface area (Å²) in [7, 11) is 0. The van der Waals surface area contributed by atoms with Crippen molar-refractivity contribution >= 4 is 11.3 Å². The van der Waals surface area contributed by atoms with E-state index in [9.17, 15) is 0 Å². The number of nitrogen functional groups attached to an aromatic ring is 1. The van der Waals surface area contributed by atoms with Crippen LogP contribution in [0.5, 0.6) is 0 Å². The molecule has 0 saturated carbocycles. The minimum Gasteiger partial charge on any atom is -0.399 e.